The normalized spacial score (nSPS) is 10.5. The van der Waals surface area contributed by atoms with Crippen molar-refractivity contribution in [3.63, 3.8) is 0 Å². The molecule has 9 heteroatoms. The van der Waals surface area contributed by atoms with Gasteiger partial charge in [0.2, 0.25) is 5.91 Å². The Morgan fingerprint density at radius 2 is 2.11 bits per heavy atom. The van der Waals surface area contributed by atoms with E-state index in [0.717, 1.165) is 5.69 Å². The Bertz CT molecular complexity index is 766. The average molecular weight is 394 g/mol. The SMILES string of the molecule is CCOC(=O)N(C)CCCC(=O)N(CC)c1cn(-c2cccnc2)nc1Cl. The summed E-state index contributed by atoms with van der Waals surface area (Å²) < 4.78 is 6.51. The van der Waals surface area contributed by atoms with Crippen LogP contribution in [0.3, 0.4) is 0 Å². The first-order valence-electron chi connectivity index (χ1n) is 8.81. The van der Waals surface area contributed by atoms with Crippen LogP contribution in [-0.4, -0.2) is 58.4 Å². The molecule has 0 aliphatic carbocycles. The molecule has 2 aromatic heterocycles. The lowest BCUT2D eigenvalue weighted by molar-refractivity contribution is -0.118. The highest BCUT2D eigenvalue weighted by molar-refractivity contribution is 6.32. The van der Waals surface area contributed by atoms with E-state index in [-0.39, 0.29) is 17.5 Å². The summed E-state index contributed by atoms with van der Waals surface area (Å²) in [6.45, 7) is 4.85. The van der Waals surface area contributed by atoms with Crippen molar-refractivity contribution in [2.45, 2.75) is 26.7 Å². The third kappa shape index (κ3) is 5.43. The summed E-state index contributed by atoms with van der Waals surface area (Å²) in [5.41, 5.74) is 1.30. The monoisotopic (exact) mass is 393 g/mol. The van der Waals surface area contributed by atoms with Crippen LogP contribution in [0.1, 0.15) is 26.7 Å². The molecule has 8 nitrogen and oxygen atoms in total. The molecule has 0 N–H and O–H groups in total. The summed E-state index contributed by atoms with van der Waals surface area (Å²) in [6.07, 6.45) is 5.47. The van der Waals surface area contributed by atoms with E-state index in [1.807, 2.05) is 13.0 Å². The molecule has 0 radical (unpaired) electrons. The van der Waals surface area contributed by atoms with Crippen molar-refractivity contribution in [1.82, 2.24) is 19.7 Å². The fourth-order valence-corrected chi connectivity index (χ4v) is 2.79. The van der Waals surface area contributed by atoms with Gasteiger partial charge < -0.3 is 14.5 Å². The molecule has 0 bridgehead atoms. The second-order valence-corrected chi connectivity index (χ2v) is 6.18. The van der Waals surface area contributed by atoms with Crippen LogP contribution in [0.15, 0.2) is 30.7 Å². The molecule has 0 aliphatic heterocycles. The first-order valence-corrected chi connectivity index (χ1v) is 9.19. The van der Waals surface area contributed by atoms with Crippen molar-refractivity contribution in [3.8, 4) is 5.69 Å². The standard InChI is InChI=1S/C18H24ClN5O3/c1-4-23(16(25)9-7-11-22(3)18(26)27-5-2)15-13-24(21-17(15)19)14-8-6-10-20-12-14/h6,8,10,12-13H,4-5,7,9,11H2,1-3H3. The molecule has 2 aromatic rings. The van der Waals surface area contributed by atoms with Gasteiger partial charge in [0, 0.05) is 32.8 Å². The van der Waals surface area contributed by atoms with Crippen LogP contribution >= 0.6 is 11.6 Å². The van der Waals surface area contributed by atoms with E-state index in [2.05, 4.69) is 10.1 Å². The molecule has 0 atom stereocenters. The number of anilines is 1. The molecule has 0 saturated heterocycles. The highest BCUT2D eigenvalue weighted by Crippen LogP contribution is 2.26. The van der Waals surface area contributed by atoms with Gasteiger partial charge in [-0.15, -0.1) is 0 Å². The van der Waals surface area contributed by atoms with Gasteiger partial charge in [0.05, 0.1) is 24.7 Å². The predicted molar refractivity (Wildman–Crippen MR) is 103 cm³/mol. The number of carbonyl (C=O) groups is 2. The van der Waals surface area contributed by atoms with Crippen molar-refractivity contribution in [2.24, 2.45) is 0 Å². The summed E-state index contributed by atoms with van der Waals surface area (Å²) in [5, 5.41) is 4.51. The number of nitrogens with zero attached hydrogens (tertiary/aromatic N) is 5. The summed E-state index contributed by atoms with van der Waals surface area (Å²) in [4.78, 5) is 31.3. The average Bonchev–Trinajstić information content (AvgIpc) is 3.05. The number of carbonyl (C=O) groups excluding carboxylic acids is 2. The quantitative estimate of drug-likeness (QED) is 0.688. The Hall–Kier alpha value is -2.61. The molecule has 2 rings (SSSR count). The van der Waals surface area contributed by atoms with Crippen LogP contribution in [0.5, 0.6) is 0 Å². The van der Waals surface area contributed by atoms with Gasteiger partial charge >= 0.3 is 6.09 Å². The number of amides is 2. The van der Waals surface area contributed by atoms with Crippen LogP contribution in [0.4, 0.5) is 10.5 Å². The second-order valence-electron chi connectivity index (χ2n) is 5.82. The second kappa shape index (κ2) is 9.91. The largest absolute Gasteiger partial charge is 0.450 e. The maximum Gasteiger partial charge on any atom is 0.409 e. The summed E-state index contributed by atoms with van der Waals surface area (Å²) in [6, 6.07) is 3.65. The number of halogens is 1. The van der Waals surface area contributed by atoms with Crippen molar-refractivity contribution < 1.29 is 14.3 Å². The van der Waals surface area contributed by atoms with E-state index in [0.29, 0.717) is 31.8 Å². The van der Waals surface area contributed by atoms with E-state index in [1.165, 1.54) is 4.90 Å². The van der Waals surface area contributed by atoms with Crippen molar-refractivity contribution >= 4 is 29.3 Å². The number of pyridine rings is 1. The van der Waals surface area contributed by atoms with Gasteiger partial charge in [-0.25, -0.2) is 9.48 Å². The molecule has 2 heterocycles. The first kappa shape index (κ1) is 20.7. The molecule has 0 fully saturated rings. The number of ether oxygens (including phenoxy) is 1. The molecule has 146 valence electrons. The van der Waals surface area contributed by atoms with Crippen LogP contribution in [-0.2, 0) is 9.53 Å². The molecule has 0 spiro atoms. The Balaban J connectivity index is 2.01. The Kier molecular flexibility index (Phi) is 7.60. The van der Waals surface area contributed by atoms with Crippen LogP contribution < -0.4 is 4.90 Å². The topological polar surface area (TPSA) is 80.6 Å². The smallest absolute Gasteiger partial charge is 0.409 e. The molecular formula is C18H24ClN5O3. The minimum atomic E-state index is -0.391. The van der Waals surface area contributed by atoms with Gasteiger partial charge in [0.15, 0.2) is 5.15 Å². The fraction of sp³-hybridized carbons (Fsp3) is 0.444. The third-order valence-corrected chi connectivity index (χ3v) is 4.20. The number of hydrogen-bond acceptors (Lipinski definition) is 5. The molecular weight excluding hydrogens is 370 g/mol. The molecule has 0 aromatic carbocycles. The molecule has 27 heavy (non-hydrogen) atoms. The maximum absolute atomic E-state index is 12.6. The zero-order valence-corrected chi connectivity index (χ0v) is 16.5. The Morgan fingerprint density at radius 3 is 2.74 bits per heavy atom. The van der Waals surface area contributed by atoms with E-state index in [9.17, 15) is 9.59 Å². The zero-order chi connectivity index (χ0) is 19.8. The van der Waals surface area contributed by atoms with Crippen molar-refractivity contribution in [2.75, 3.05) is 31.6 Å². The summed E-state index contributed by atoms with van der Waals surface area (Å²) in [5.74, 6) is -0.0811. The Labute approximate surface area is 163 Å². The van der Waals surface area contributed by atoms with E-state index < -0.39 is 6.09 Å². The van der Waals surface area contributed by atoms with Gasteiger partial charge in [-0.1, -0.05) is 11.6 Å². The lowest BCUT2D eigenvalue weighted by Crippen LogP contribution is -2.32. The van der Waals surface area contributed by atoms with Gasteiger partial charge in [0.1, 0.15) is 5.69 Å². The lowest BCUT2D eigenvalue weighted by atomic mass is 10.2. The molecule has 0 saturated carbocycles. The zero-order valence-electron chi connectivity index (χ0n) is 15.8. The van der Waals surface area contributed by atoms with Gasteiger partial charge in [-0.3, -0.25) is 9.78 Å². The lowest BCUT2D eigenvalue weighted by Gasteiger charge is -2.20. The summed E-state index contributed by atoms with van der Waals surface area (Å²) in [7, 11) is 1.65. The number of aromatic nitrogens is 3. The van der Waals surface area contributed by atoms with Gasteiger partial charge in [-0.2, -0.15) is 5.10 Å². The van der Waals surface area contributed by atoms with Crippen LogP contribution in [0.25, 0.3) is 5.69 Å². The maximum atomic E-state index is 12.6. The molecule has 0 unspecified atom stereocenters. The fourth-order valence-electron chi connectivity index (χ4n) is 2.55. The van der Waals surface area contributed by atoms with Crippen molar-refractivity contribution in [3.05, 3.63) is 35.9 Å². The third-order valence-electron chi connectivity index (χ3n) is 3.93. The number of rotatable bonds is 8. The van der Waals surface area contributed by atoms with Crippen LogP contribution in [0, 0.1) is 0 Å². The predicted octanol–water partition coefficient (Wildman–Crippen LogP) is 3.14. The van der Waals surface area contributed by atoms with E-state index >= 15 is 0 Å². The molecule has 0 aliphatic rings. The van der Waals surface area contributed by atoms with E-state index in [1.54, 1.807) is 48.2 Å². The van der Waals surface area contributed by atoms with Gasteiger partial charge in [0.25, 0.3) is 0 Å². The summed E-state index contributed by atoms with van der Waals surface area (Å²) >= 11 is 6.26. The van der Waals surface area contributed by atoms with E-state index in [4.69, 9.17) is 16.3 Å². The number of hydrogen-bond donors (Lipinski definition) is 0. The first-order chi connectivity index (χ1) is 13.0. The Morgan fingerprint density at radius 1 is 1.33 bits per heavy atom. The minimum absolute atomic E-state index is 0.0811. The van der Waals surface area contributed by atoms with Gasteiger partial charge in [-0.05, 0) is 32.4 Å². The minimum Gasteiger partial charge on any atom is -0.450 e. The van der Waals surface area contributed by atoms with Crippen LogP contribution in [0.2, 0.25) is 5.15 Å². The molecule has 2 amide bonds. The highest BCUT2D eigenvalue weighted by atomic mass is 35.5. The highest BCUT2D eigenvalue weighted by Gasteiger charge is 2.20. The van der Waals surface area contributed by atoms with Crippen molar-refractivity contribution in [1.29, 1.82) is 0 Å².